The Balaban J connectivity index is 1.44. The van der Waals surface area contributed by atoms with Crippen LogP contribution in [0.4, 0.5) is 11.4 Å². The average Bonchev–Trinajstić information content (AvgIpc) is 3.57. The van der Waals surface area contributed by atoms with Gasteiger partial charge in [0.15, 0.2) is 0 Å². The fourth-order valence-corrected chi connectivity index (χ4v) is 2.80. The molecular formula is C21H22N4O5. The molecule has 1 aliphatic rings. The summed E-state index contributed by atoms with van der Waals surface area (Å²) in [6.07, 6.45) is 1.84. The van der Waals surface area contributed by atoms with E-state index in [1.807, 2.05) is 0 Å². The zero-order valence-corrected chi connectivity index (χ0v) is 16.4. The van der Waals surface area contributed by atoms with Crippen LogP contribution in [-0.2, 0) is 4.79 Å². The van der Waals surface area contributed by atoms with E-state index in [0.717, 1.165) is 12.8 Å². The average molecular weight is 410 g/mol. The zero-order valence-electron chi connectivity index (χ0n) is 16.4. The van der Waals surface area contributed by atoms with Gasteiger partial charge in [-0.2, -0.15) is 0 Å². The first-order valence-corrected chi connectivity index (χ1v) is 9.57. The van der Waals surface area contributed by atoms with E-state index in [4.69, 9.17) is 0 Å². The van der Waals surface area contributed by atoms with Crippen LogP contribution in [0.5, 0.6) is 0 Å². The summed E-state index contributed by atoms with van der Waals surface area (Å²) in [5, 5.41) is 19.1. The number of nitrogens with one attached hydrogen (secondary N) is 3. The molecule has 1 aliphatic carbocycles. The topological polar surface area (TPSA) is 130 Å². The molecule has 3 amide bonds. The van der Waals surface area contributed by atoms with Gasteiger partial charge >= 0.3 is 0 Å². The third kappa shape index (κ3) is 5.40. The predicted octanol–water partition coefficient (Wildman–Crippen LogP) is 2.41. The van der Waals surface area contributed by atoms with Gasteiger partial charge in [-0.15, -0.1) is 0 Å². The highest BCUT2D eigenvalue weighted by atomic mass is 16.6. The quantitative estimate of drug-likeness (QED) is 0.349. The number of nitro groups is 1. The first-order valence-electron chi connectivity index (χ1n) is 9.57. The van der Waals surface area contributed by atoms with Gasteiger partial charge in [0.25, 0.3) is 17.5 Å². The van der Waals surface area contributed by atoms with Crippen molar-refractivity contribution < 1.29 is 19.3 Å². The summed E-state index contributed by atoms with van der Waals surface area (Å²) in [6.45, 7) is 1.96. The summed E-state index contributed by atoms with van der Waals surface area (Å²) >= 11 is 0. The lowest BCUT2D eigenvalue weighted by molar-refractivity contribution is -0.385. The van der Waals surface area contributed by atoms with Crippen molar-refractivity contribution in [1.29, 1.82) is 0 Å². The van der Waals surface area contributed by atoms with Gasteiger partial charge in [0.2, 0.25) is 5.91 Å². The Labute approximate surface area is 173 Å². The molecule has 30 heavy (non-hydrogen) atoms. The van der Waals surface area contributed by atoms with Crippen LogP contribution in [0.25, 0.3) is 0 Å². The van der Waals surface area contributed by atoms with E-state index in [1.165, 1.54) is 18.2 Å². The highest BCUT2D eigenvalue weighted by molar-refractivity contribution is 5.97. The molecular weight excluding hydrogens is 388 g/mol. The lowest BCUT2D eigenvalue weighted by atomic mass is 10.1. The second kappa shape index (κ2) is 9.17. The van der Waals surface area contributed by atoms with E-state index in [1.54, 1.807) is 31.2 Å². The molecule has 0 spiro atoms. The Bertz CT molecular complexity index is 983. The van der Waals surface area contributed by atoms with Gasteiger partial charge < -0.3 is 16.0 Å². The van der Waals surface area contributed by atoms with Crippen LogP contribution in [0.2, 0.25) is 0 Å². The molecule has 0 unspecified atom stereocenters. The van der Waals surface area contributed by atoms with Crippen LogP contribution >= 0.6 is 0 Å². The van der Waals surface area contributed by atoms with Crippen molar-refractivity contribution in [3.63, 3.8) is 0 Å². The van der Waals surface area contributed by atoms with Gasteiger partial charge in [0, 0.05) is 47.5 Å². The van der Waals surface area contributed by atoms with Crippen LogP contribution < -0.4 is 16.0 Å². The molecule has 156 valence electrons. The van der Waals surface area contributed by atoms with Crippen molar-refractivity contribution in [2.45, 2.75) is 19.8 Å². The highest BCUT2D eigenvalue weighted by Crippen LogP contribution is 2.30. The second-order valence-electron chi connectivity index (χ2n) is 7.11. The lowest BCUT2D eigenvalue weighted by Crippen LogP contribution is -2.34. The van der Waals surface area contributed by atoms with Crippen molar-refractivity contribution in [3.05, 3.63) is 69.3 Å². The molecule has 0 aromatic heterocycles. The van der Waals surface area contributed by atoms with E-state index in [9.17, 15) is 24.5 Å². The minimum Gasteiger partial charge on any atom is -0.350 e. The summed E-state index contributed by atoms with van der Waals surface area (Å²) < 4.78 is 0. The van der Waals surface area contributed by atoms with Crippen LogP contribution in [0.3, 0.4) is 0 Å². The van der Waals surface area contributed by atoms with E-state index < -0.39 is 10.8 Å². The molecule has 0 bridgehead atoms. The molecule has 0 radical (unpaired) electrons. The summed E-state index contributed by atoms with van der Waals surface area (Å²) in [5.74, 6) is -0.658. The Hall–Kier alpha value is -3.75. The second-order valence-corrected chi connectivity index (χ2v) is 7.11. The number of amides is 3. The van der Waals surface area contributed by atoms with Crippen LogP contribution in [0, 0.1) is 23.0 Å². The number of aryl methyl sites for hydroxylation is 1. The minimum absolute atomic E-state index is 0.00171. The Kier molecular flexibility index (Phi) is 6.41. The summed E-state index contributed by atoms with van der Waals surface area (Å²) in [4.78, 5) is 46.5. The number of hydrogen-bond acceptors (Lipinski definition) is 5. The molecule has 0 aliphatic heterocycles. The number of nitrogens with zero attached hydrogens (tertiary/aromatic N) is 1. The lowest BCUT2D eigenvalue weighted by Gasteiger charge is -2.09. The number of carbonyl (C=O) groups is 3. The summed E-state index contributed by atoms with van der Waals surface area (Å²) in [6, 6.07) is 10.8. The summed E-state index contributed by atoms with van der Waals surface area (Å²) in [5.41, 5.74) is 1.61. The van der Waals surface area contributed by atoms with E-state index in [0.29, 0.717) is 16.8 Å². The van der Waals surface area contributed by atoms with Crippen LogP contribution in [0.1, 0.15) is 39.1 Å². The molecule has 0 heterocycles. The molecule has 0 atom stereocenters. The summed E-state index contributed by atoms with van der Waals surface area (Å²) in [7, 11) is 0. The number of nitro benzene ring substituents is 1. The van der Waals surface area contributed by atoms with E-state index >= 15 is 0 Å². The highest BCUT2D eigenvalue weighted by Gasteiger charge is 2.29. The van der Waals surface area contributed by atoms with Gasteiger partial charge in [0.05, 0.1) is 4.92 Å². The third-order valence-electron chi connectivity index (χ3n) is 4.73. The Morgan fingerprint density at radius 3 is 2.10 bits per heavy atom. The fourth-order valence-electron chi connectivity index (χ4n) is 2.80. The molecule has 1 saturated carbocycles. The number of anilines is 1. The number of hydrogen-bond donors (Lipinski definition) is 3. The van der Waals surface area contributed by atoms with Crippen LogP contribution in [0.15, 0.2) is 42.5 Å². The monoisotopic (exact) mass is 410 g/mol. The molecule has 9 heteroatoms. The van der Waals surface area contributed by atoms with E-state index in [-0.39, 0.29) is 42.1 Å². The van der Waals surface area contributed by atoms with Crippen molar-refractivity contribution in [3.8, 4) is 0 Å². The third-order valence-corrected chi connectivity index (χ3v) is 4.73. The molecule has 2 aromatic carbocycles. The fraction of sp³-hybridized carbons (Fsp3) is 0.286. The maximum atomic E-state index is 12.2. The molecule has 3 rings (SSSR count). The first kappa shape index (κ1) is 21.0. The predicted molar refractivity (Wildman–Crippen MR) is 110 cm³/mol. The smallest absolute Gasteiger partial charge is 0.273 e. The van der Waals surface area contributed by atoms with Gasteiger partial charge in [0.1, 0.15) is 0 Å². The maximum absolute atomic E-state index is 12.2. The Morgan fingerprint density at radius 1 is 0.967 bits per heavy atom. The Morgan fingerprint density at radius 2 is 1.53 bits per heavy atom. The number of rotatable bonds is 8. The zero-order chi connectivity index (χ0) is 21.7. The normalized spacial score (nSPS) is 12.7. The molecule has 3 N–H and O–H groups in total. The van der Waals surface area contributed by atoms with Gasteiger partial charge in [-0.1, -0.05) is 6.07 Å². The van der Waals surface area contributed by atoms with Gasteiger partial charge in [-0.25, -0.2) is 0 Å². The van der Waals surface area contributed by atoms with Crippen molar-refractivity contribution >= 4 is 29.1 Å². The SMILES string of the molecule is Cc1ccc(C(=O)NCCNC(=O)c2ccc(NC(=O)C3CC3)cc2)cc1[N+](=O)[O-]. The van der Waals surface area contributed by atoms with Gasteiger partial charge in [-0.05, 0) is 50.1 Å². The van der Waals surface area contributed by atoms with Crippen molar-refractivity contribution in [2.75, 3.05) is 18.4 Å². The van der Waals surface area contributed by atoms with Crippen LogP contribution in [-0.4, -0.2) is 35.7 Å². The molecule has 2 aromatic rings. The number of benzene rings is 2. The largest absolute Gasteiger partial charge is 0.350 e. The molecule has 0 saturated heterocycles. The van der Waals surface area contributed by atoms with Crippen molar-refractivity contribution in [1.82, 2.24) is 10.6 Å². The molecule has 9 nitrogen and oxygen atoms in total. The maximum Gasteiger partial charge on any atom is 0.273 e. The van der Waals surface area contributed by atoms with Crippen molar-refractivity contribution in [2.24, 2.45) is 5.92 Å². The molecule has 1 fully saturated rings. The van der Waals surface area contributed by atoms with Gasteiger partial charge in [-0.3, -0.25) is 24.5 Å². The standard InChI is InChI=1S/C21H22N4O5/c1-13-2-3-16(12-18(13)25(29)30)20(27)23-11-10-22-19(26)14-6-8-17(9-7-14)24-21(28)15-4-5-15/h2-3,6-9,12,15H,4-5,10-11H2,1H3,(H,22,26)(H,23,27)(H,24,28). The number of carbonyl (C=O) groups excluding carboxylic acids is 3. The minimum atomic E-state index is -0.533. The first-order chi connectivity index (χ1) is 14.3. The van der Waals surface area contributed by atoms with E-state index in [2.05, 4.69) is 16.0 Å².